The zero-order valence-corrected chi connectivity index (χ0v) is 15.8. The predicted octanol–water partition coefficient (Wildman–Crippen LogP) is 3.70. The number of halogens is 1. The molecule has 0 spiro atoms. The van der Waals surface area contributed by atoms with Crippen LogP contribution in [-0.4, -0.2) is 44.9 Å². The SMILES string of the molecule is CC(C)(C)OC(=O)[C@H]1CCCCN1C(=O)c1cc(F)cc2[nH]c(=S)[nH]c12. The first kappa shape index (κ1) is 18.6. The summed E-state index contributed by atoms with van der Waals surface area (Å²) in [5, 5.41) is 0. The lowest BCUT2D eigenvalue weighted by atomic mass is 10.00. The fraction of sp³-hybridized carbons (Fsp3) is 0.500. The second-order valence-electron chi connectivity index (χ2n) is 7.50. The first-order valence-corrected chi connectivity index (χ1v) is 9.02. The smallest absolute Gasteiger partial charge is 0.329 e. The number of H-pyrrole nitrogens is 2. The number of fused-ring (bicyclic) bond motifs is 1. The zero-order valence-electron chi connectivity index (χ0n) is 15.0. The molecule has 2 heterocycles. The second kappa shape index (κ2) is 6.83. The molecule has 1 saturated heterocycles. The Morgan fingerprint density at radius 3 is 2.69 bits per heavy atom. The third kappa shape index (κ3) is 3.80. The number of esters is 1. The quantitative estimate of drug-likeness (QED) is 0.616. The number of aromatic amines is 2. The van der Waals surface area contributed by atoms with Gasteiger partial charge in [0, 0.05) is 6.54 Å². The molecule has 6 nitrogen and oxygen atoms in total. The number of hydrogen-bond acceptors (Lipinski definition) is 4. The van der Waals surface area contributed by atoms with Crippen LogP contribution in [-0.2, 0) is 9.53 Å². The van der Waals surface area contributed by atoms with Crippen LogP contribution in [0.3, 0.4) is 0 Å². The molecule has 1 aliphatic rings. The number of amides is 1. The topological polar surface area (TPSA) is 78.2 Å². The highest BCUT2D eigenvalue weighted by atomic mass is 32.1. The molecule has 26 heavy (non-hydrogen) atoms. The molecule has 2 N–H and O–H groups in total. The van der Waals surface area contributed by atoms with Gasteiger partial charge in [-0.3, -0.25) is 4.79 Å². The molecule has 3 rings (SSSR count). The van der Waals surface area contributed by atoms with Crippen molar-refractivity contribution in [3.63, 3.8) is 0 Å². The van der Waals surface area contributed by atoms with E-state index < -0.39 is 29.3 Å². The van der Waals surface area contributed by atoms with Gasteiger partial charge in [0.15, 0.2) is 4.77 Å². The standard InChI is InChI=1S/C18H22FN3O3S/c1-18(2,3)25-16(24)13-6-4-5-7-22(13)15(23)11-8-10(19)9-12-14(11)21-17(26)20-12/h8-9,13H,4-7H2,1-3H3,(H2,20,21,26)/t13-/m1/s1. The average molecular weight is 379 g/mol. The lowest BCUT2D eigenvalue weighted by molar-refractivity contribution is -0.161. The second-order valence-corrected chi connectivity index (χ2v) is 7.91. The summed E-state index contributed by atoms with van der Waals surface area (Å²) in [5.74, 6) is -1.38. The summed E-state index contributed by atoms with van der Waals surface area (Å²) >= 11 is 5.05. The van der Waals surface area contributed by atoms with E-state index in [-0.39, 0.29) is 5.56 Å². The number of imidazole rings is 1. The lowest BCUT2D eigenvalue weighted by Crippen LogP contribution is -2.50. The Hall–Kier alpha value is -2.22. The molecule has 1 aromatic carbocycles. The van der Waals surface area contributed by atoms with Gasteiger partial charge in [0.25, 0.3) is 5.91 Å². The third-order valence-electron chi connectivity index (χ3n) is 4.26. The number of likely N-dealkylation sites (tertiary alicyclic amines) is 1. The summed E-state index contributed by atoms with van der Waals surface area (Å²) in [4.78, 5) is 32.9. The Morgan fingerprint density at radius 1 is 1.27 bits per heavy atom. The van der Waals surface area contributed by atoms with Gasteiger partial charge >= 0.3 is 5.97 Å². The van der Waals surface area contributed by atoms with Gasteiger partial charge in [-0.1, -0.05) is 0 Å². The Balaban J connectivity index is 1.97. The summed E-state index contributed by atoms with van der Waals surface area (Å²) < 4.78 is 19.8. The van der Waals surface area contributed by atoms with Gasteiger partial charge in [-0.25, -0.2) is 9.18 Å². The van der Waals surface area contributed by atoms with E-state index in [9.17, 15) is 14.0 Å². The maximum absolute atomic E-state index is 14.0. The van der Waals surface area contributed by atoms with Crippen molar-refractivity contribution >= 4 is 35.1 Å². The van der Waals surface area contributed by atoms with E-state index in [1.807, 2.05) is 0 Å². The van der Waals surface area contributed by atoms with Crippen molar-refractivity contribution in [1.29, 1.82) is 0 Å². The molecule has 140 valence electrons. The fourth-order valence-corrected chi connectivity index (χ4v) is 3.43. The molecule has 1 aliphatic heterocycles. The Labute approximate surface area is 155 Å². The molecule has 0 radical (unpaired) electrons. The van der Waals surface area contributed by atoms with E-state index in [1.54, 1.807) is 20.8 Å². The maximum atomic E-state index is 14.0. The van der Waals surface area contributed by atoms with E-state index in [0.717, 1.165) is 12.8 Å². The van der Waals surface area contributed by atoms with Crippen LogP contribution in [0.4, 0.5) is 4.39 Å². The van der Waals surface area contributed by atoms with E-state index in [2.05, 4.69) is 9.97 Å². The monoisotopic (exact) mass is 379 g/mol. The van der Waals surface area contributed by atoms with Crippen LogP contribution in [0.1, 0.15) is 50.4 Å². The summed E-state index contributed by atoms with van der Waals surface area (Å²) in [6.45, 7) is 5.79. The van der Waals surface area contributed by atoms with Crippen LogP contribution >= 0.6 is 12.2 Å². The van der Waals surface area contributed by atoms with Crippen molar-refractivity contribution in [2.24, 2.45) is 0 Å². The van der Waals surface area contributed by atoms with Crippen LogP contribution < -0.4 is 0 Å². The number of carbonyl (C=O) groups is 2. The lowest BCUT2D eigenvalue weighted by Gasteiger charge is -2.35. The van der Waals surface area contributed by atoms with Crippen molar-refractivity contribution < 1.29 is 18.7 Å². The normalized spacial score (nSPS) is 18.2. The Morgan fingerprint density at radius 2 is 2.00 bits per heavy atom. The van der Waals surface area contributed by atoms with E-state index in [1.165, 1.54) is 17.0 Å². The van der Waals surface area contributed by atoms with Crippen LogP contribution in [0.2, 0.25) is 0 Å². The highest BCUT2D eigenvalue weighted by molar-refractivity contribution is 7.71. The van der Waals surface area contributed by atoms with Gasteiger partial charge in [0.2, 0.25) is 0 Å². The number of rotatable bonds is 2. The summed E-state index contributed by atoms with van der Waals surface area (Å²) in [6.07, 6.45) is 2.15. The molecule has 1 amide bonds. The zero-order chi connectivity index (χ0) is 19.1. The van der Waals surface area contributed by atoms with Crippen LogP contribution in [0.25, 0.3) is 11.0 Å². The van der Waals surface area contributed by atoms with E-state index in [4.69, 9.17) is 17.0 Å². The van der Waals surface area contributed by atoms with E-state index in [0.29, 0.717) is 28.8 Å². The molecular formula is C18H22FN3O3S. The number of ether oxygens (including phenoxy) is 1. The summed E-state index contributed by atoms with van der Waals surface area (Å²) in [5.41, 5.74) is 0.378. The van der Waals surface area contributed by atoms with Crippen molar-refractivity contribution in [2.75, 3.05) is 6.54 Å². The molecule has 1 fully saturated rings. The van der Waals surface area contributed by atoms with Gasteiger partial charge in [-0.2, -0.15) is 0 Å². The minimum Gasteiger partial charge on any atom is -0.458 e. The minimum absolute atomic E-state index is 0.155. The largest absolute Gasteiger partial charge is 0.458 e. The van der Waals surface area contributed by atoms with Crippen LogP contribution in [0, 0.1) is 10.6 Å². The molecule has 2 aromatic rings. The fourth-order valence-electron chi connectivity index (χ4n) is 3.22. The van der Waals surface area contributed by atoms with Gasteiger partial charge in [-0.05, 0) is 64.4 Å². The molecule has 0 aliphatic carbocycles. The van der Waals surface area contributed by atoms with Crippen molar-refractivity contribution in [2.45, 2.75) is 51.7 Å². The van der Waals surface area contributed by atoms with Gasteiger partial charge in [0.1, 0.15) is 17.5 Å². The van der Waals surface area contributed by atoms with E-state index >= 15 is 0 Å². The number of benzene rings is 1. The molecule has 1 atom stereocenters. The third-order valence-corrected chi connectivity index (χ3v) is 4.47. The Bertz CT molecular complexity index is 913. The maximum Gasteiger partial charge on any atom is 0.329 e. The average Bonchev–Trinajstić information content (AvgIpc) is 2.91. The van der Waals surface area contributed by atoms with Crippen LogP contribution in [0.15, 0.2) is 12.1 Å². The van der Waals surface area contributed by atoms with Gasteiger partial charge in [0.05, 0.1) is 16.6 Å². The summed E-state index contributed by atoms with van der Waals surface area (Å²) in [7, 11) is 0. The number of nitrogens with one attached hydrogen (secondary N) is 2. The molecule has 0 unspecified atom stereocenters. The first-order chi connectivity index (χ1) is 12.2. The highest BCUT2D eigenvalue weighted by Gasteiger charge is 2.36. The number of aromatic nitrogens is 2. The summed E-state index contributed by atoms with van der Waals surface area (Å²) in [6, 6.07) is 1.78. The molecule has 8 heteroatoms. The first-order valence-electron chi connectivity index (χ1n) is 8.61. The molecular weight excluding hydrogens is 357 g/mol. The molecule has 0 bridgehead atoms. The van der Waals surface area contributed by atoms with Crippen molar-refractivity contribution in [1.82, 2.24) is 14.9 Å². The van der Waals surface area contributed by atoms with Crippen molar-refractivity contribution in [3.05, 3.63) is 28.3 Å². The van der Waals surface area contributed by atoms with Crippen LogP contribution in [0.5, 0.6) is 0 Å². The Kier molecular flexibility index (Phi) is 4.88. The predicted molar refractivity (Wildman–Crippen MR) is 98.0 cm³/mol. The van der Waals surface area contributed by atoms with Crippen molar-refractivity contribution in [3.8, 4) is 0 Å². The van der Waals surface area contributed by atoms with Gasteiger partial charge in [-0.15, -0.1) is 0 Å². The highest BCUT2D eigenvalue weighted by Crippen LogP contribution is 2.26. The number of carbonyl (C=O) groups excluding carboxylic acids is 2. The number of hydrogen-bond donors (Lipinski definition) is 2. The van der Waals surface area contributed by atoms with Gasteiger partial charge < -0.3 is 19.6 Å². The number of piperidine rings is 1. The minimum atomic E-state index is -0.671. The number of nitrogens with zero attached hydrogens (tertiary/aromatic N) is 1. The molecule has 0 saturated carbocycles. The molecule has 1 aromatic heterocycles.